The van der Waals surface area contributed by atoms with Gasteiger partial charge in [0.05, 0.1) is 35.9 Å². The first-order valence-electron chi connectivity index (χ1n) is 12.5. The molecule has 8 heteroatoms. The molecule has 0 aliphatic carbocycles. The van der Waals surface area contributed by atoms with Crippen molar-refractivity contribution in [3.05, 3.63) is 99.6 Å². The molecule has 0 spiro atoms. The number of Topliss-reactive ketones (excluding diaryl/α,β-unsaturated/α-hetero) is 1. The Bertz CT molecular complexity index is 1450. The lowest BCUT2D eigenvalue weighted by molar-refractivity contribution is -0.132. The minimum Gasteiger partial charge on any atom is -0.507 e. The van der Waals surface area contributed by atoms with E-state index in [2.05, 4.69) is 20.8 Å². The molecule has 0 radical (unpaired) electrons. The van der Waals surface area contributed by atoms with Gasteiger partial charge in [-0.05, 0) is 65.9 Å². The number of rotatable bonds is 6. The van der Waals surface area contributed by atoms with Crippen molar-refractivity contribution in [3.63, 3.8) is 0 Å². The molecule has 1 unspecified atom stereocenters. The molecule has 202 valence electrons. The molecule has 3 aromatic rings. The molecule has 1 heterocycles. The van der Waals surface area contributed by atoms with Crippen LogP contribution in [0, 0.1) is 0 Å². The number of esters is 1. The molecule has 1 aliphatic heterocycles. The summed E-state index contributed by atoms with van der Waals surface area (Å²) >= 11 is 6.23. The number of hydrogen-bond acceptors (Lipinski definition) is 6. The van der Waals surface area contributed by atoms with Gasteiger partial charge in [0.25, 0.3) is 11.7 Å². The van der Waals surface area contributed by atoms with Crippen LogP contribution in [-0.2, 0) is 19.7 Å². The predicted molar refractivity (Wildman–Crippen MR) is 150 cm³/mol. The Kier molecular flexibility index (Phi) is 7.84. The molecule has 4 rings (SSSR count). The Balaban J connectivity index is 1.90. The number of ketones is 1. The van der Waals surface area contributed by atoms with E-state index < -0.39 is 23.7 Å². The quantitative estimate of drug-likeness (QED) is 0.165. The fraction of sp³-hybridized carbons (Fsp3) is 0.258. The second kappa shape index (κ2) is 10.9. The maximum atomic E-state index is 13.5. The van der Waals surface area contributed by atoms with Gasteiger partial charge < -0.3 is 14.6 Å². The van der Waals surface area contributed by atoms with Crippen LogP contribution < -0.4 is 9.64 Å². The maximum absolute atomic E-state index is 13.5. The molecule has 0 aromatic heterocycles. The largest absolute Gasteiger partial charge is 0.507 e. The lowest BCUT2D eigenvalue weighted by Gasteiger charge is -2.26. The summed E-state index contributed by atoms with van der Waals surface area (Å²) in [7, 11) is 1.28. The zero-order valence-electron chi connectivity index (χ0n) is 22.4. The van der Waals surface area contributed by atoms with Gasteiger partial charge in [0.2, 0.25) is 0 Å². The number of amides is 1. The van der Waals surface area contributed by atoms with Gasteiger partial charge in [-0.15, -0.1) is 0 Å². The van der Waals surface area contributed by atoms with Crippen LogP contribution in [0.15, 0.2) is 72.3 Å². The summed E-state index contributed by atoms with van der Waals surface area (Å²) < 4.78 is 10.3. The SMILES string of the molecule is CCOc1cc(/C(O)=C2/C(=O)C(=O)N(c3ccc(C(=O)OC)cc3)C2c2ccc(C(C)(C)C)cc2)ccc1Cl. The summed E-state index contributed by atoms with van der Waals surface area (Å²) in [5.41, 5.74) is 2.52. The van der Waals surface area contributed by atoms with Gasteiger partial charge in [0.1, 0.15) is 11.5 Å². The number of aliphatic hydroxyl groups is 1. The Morgan fingerprint density at radius 3 is 2.15 bits per heavy atom. The van der Waals surface area contributed by atoms with Crippen molar-refractivity contribution in [1.82, 2.24) is 0 Å². The molecule has 1 atom stereocenters. The van der Waals surface area contributed by atoms with Crippen molar-refractivity contribution < 1.29 is 29.0 Å². The van der Waals surface area contributed by atoms with Crippen LogP contribution in [0.2, 0.25) is 5.02 Å². The summed E-state index contributed by atoms with van der Waals surface area (Å²) in [5, 5.41) is 11.8. The zero-order valence-corrected chi connectivity index (χ0v) is 23.2. The van der Waals surface area contributed by atoms with Crippen molar-refractivity contribution in [2.45, 2.75) is 39.2 Å². The second-order valence-corrected chi connectivity index (χ2v) is 10.6. The smallest absolute Gasteiger partial charge is 0.337 e. The van der Waals surface area contributed by atoms with E-state index in [9.17, 15) is 19.5 Å². The van der Waals surface area contributed by atoms with E-state index in [0.717, 1.165) is 5.56 Å². The second-order valence-electron chi connectivity index (χ2n) is 10.2. The van der Waals surface area contributed by atoms with Gasteiger partial charge in [0.15, 0.2) is 0 Å². The number of ether oxygens (including phenoxy) is 2. The Morgan fingerprint density at radius 1 is 0.974 bits per heavy atom. The van der Waals surface area contributed by atoms with E-state index in [1.807, 2.05) is 24.3 Å². The van der Waals surface area contributed by atoms with Gasteiger partial charge in [-0.2, -0.15) is 0 Å². The van der Waals surface area contributed by atoms with Crippen LogP contribution >= 0.6 is 11.6 Å². The van der Waals surface area contributed by atoms with Gasteiger partial charge in [-0.1, -0.05) is 56.6 Å². The fourth-order valence-corrected chi connectivity index (χ4v) is 4.70. The molecular weight excluding hydrogens is 518 g/mol. The number of halogens is 1. The van der Waals surface area contributed by atoms with E-state index in [4.69, 9.17) is 21.1 Å². The topological polar surface area (TPSA) is 93.1 Å². The monoisotopic (exact) mass is 547 g/mol. The van der Waals surface area contributed by atoms with Crippen LogP contribution in [-0.4, -0.2) is 36.5 Å². The molecule has 1 aliphatic rings. The average Bonchev–Trinajstić information content (AvgIpc) is 3.19. The maximum Gasteiger partial charge on any atom is 0.337 e. The van der Waals surface area contributed by atoms with Crippen molar-refractivity contribution in [1.29, 1.82) is 0 Å². The van der Waals surface area contributed by atoms with E-state index in [-0.39, 0.29) is 16.7 Å². The number of methoxy groups -OCH3 is 1. The molecule has 0 saturated carbocycles. The zero-order chi connectivity index (χ0) is 28.5. The first kappa shape index (κ1) is 27.9. The lowest BCUT2D eigenvalue weighted by atomic mass is 9.85. The molecule has 1 amide bonds. The third-order valence-corrected chi connectivity index (χ3v) is 6.92. The molecule has 1 fully saturated rings. The number of carbonyl (C=O) groups excluding carboxylic acids is 3. The summed E-state index contributed by atoms with van der Waals surface area (Å²) in [6, 6.07) is 17.6. The number of hydrogen-bond donors (Lipinski definition) is 1. The molecular formula is C31H30ClNO6. The highest BCUT2D eigenvalue weighted by Crippen LogP contribution is 2.43. The van der Waals surface area contributed by atoms with Crippen LogP contribution in [0.1, 0.15) is 60.8 Å². The van der Waals surface area contributed by atoms with E-state index in [1.54, 1.807) is 37.3 Å². The number of carbonyl (C=O) groups is 3. The third-order valence-electron chi connectivity index (χ3n) is 6.61. The van der Waals surface area contributed by atoms with Gasteiger partial charge in [-0.3, -0.25) is 14.5 Å². The van der Waals surface area contributed by atoms with Gasteiger partial charge in [-0.25, -0.2) is 4.79 Å². The first-order valence-corrected chi connectivity index (χ1v) is 12.9. The summed E-state index contributed by atoms with van der Waals surface area (Å²) in [5.74, 6) is -2.15. The van der Waals surface area contributed by atoms with E-state index >= 15 is 0 Å². The number of anilines is 1. The normalized spacial score (nSPS) is 16.9. The van der Waals surface area contributed by atoms with Crippen molar-refractivity contribution in [2.24, 2.45) is 0 Å². The van der Waals surface area contributed by atoms with Crippen molar-refractivity contribution in [2.75, 3.05) is 18.6 Å². The Labute approximate surface area is 232 Å². The fourth-order valence-electron chi connectivity index (χ4n) is 4.53. The Hall–Kier alpha value is -4.10. The number of nitrogens with zero attached hydrogens (tertiary/aromatic N) is 1. The molecule has 7 nitrogen and oxygen atoms in total. The molecule has 1 N–H and O–H groups in total. The Morgan fingerprint density at radius 2 is 1.59 bits per heavy atom. The minimum atomic E-state index is -0.922. The standard InChI is InChI=1S/C31H30ClNO6/c1-6-39-24-17-20(11-16-23(24)32)27(34)25-26(18-7-12-21(13-8-18)31(2,3)4)33(29(36)28(25)35)22-14-9-19(10-15-22)30(37)38-5/h7-17,26,34H,6H2,1-5H3/b27-25-. The van der Waals surface area contributed by atoms with Crippen molar-refractivity contribution >= 4 is 40.7 Å². The molecule has 3 aromatic carbocycles. The summed E-state index contributed by atoms with van der Waals surface area (Å²) in [6.07, 6.45) is 0. The summed E-state index contributed by atoms with van der Waals surface area (Å²) in [6.45, 7) is 8.44. The number of benzene rings is 3. The highest BCUT2D eigenvalue weighted by molar-refractivity contribution is 6.51. The van der Waals surface area contributed by atoms with Gasteiger partial charge in [0, 0.05) is 11.3 Å². The van der Waals surface area contributed by atoms with Crippen molar-refractivity contribution in [3.8, 4) is 5.75 Å². The predicted octanol–water partition coefficient (Wildman–Crippen LogP) is 6.45. The van der Waals surface area contributed by atoms with E-state index in [0.29, 0.717) is 39.8 Å². The average molecular weight is 548 g/mol. The first-order chi connectivity index (χ1) is 18.5. The van der Waals surface area contributed by atoms with Crippen LogP contribution in [0.5, 0.6) is 5.75 Å². The van der Waals surface area contributed by atoms with Crippen LogP contribution in [0.3, 0.4) is 0 Å². The van der Waals surface area contributed by atoms with Crippen LogP contribution in [0.4, 0.5) is 5.69 Å². The molecule has 39 heavy (non-hydrogen) atoms. The van der Waals surface area contributed by atoms with Crippen LogP contribution in [0.25, 0.3) is 5.76 Å². The van der Waals surface area contributed by atoms with Gasteiger partial charge >= 0.3 is 5.97 Å². The molecule has 0 bridgehead atoms. The third kappa shape index (κ3) is 5.40. The lowest BCUT2D eigenvalue weighted by Crippen LogP contribution is -2.29. The highest BCUT2D eigenvalue weighted by Gasteiger charge is 2.47. The molecule has 1 saturated heterocycles. The van der Waals surface area contributed by atoms with E-state index in [1.165, 1.54) is 24.1 Å². The minimum absolute atomic E-state index is 0.0645. The highest BCUT2D eigenvalue weighted by atomic mass is 35.5. The number of aliphatic hydroxyl groups excluding tert-OH is 1. The summed E-state index contributed by atoms with van der Waals surface area (Å²) in [4.78, 5) is 40.2.